The van der Waals surface area contributed by atoms with Gasteiger partial charge >= 0.3 is 0 Å². The van der Waals surface area contributed by atoms with Crippen molar-refractivity contribution in [1.82, 2.24) is 15.4 Å². The first kappa shape index (κ1) is 19.9. The van der Waals surface area contributed by atoms with E-state index in [2.05, 4.69) is 15.4 Å². The summed E-state index contributed by atoms with van der Waals surface area (Å²) >= 11 is 12.1. The molecule has 0 N–H and O–H groups in total. The van der Waals surface area contributed by atoms with Crippen LogP contribution in [0.2, 0.25) is 10.0 Å². The monoisotopic (exact) mass is 444 g/mol. The van der Waals surface area contributed by atoms with E-state index < -0.39 is 5.82 Å². The molecule has 150 valence electrons. The lowest BCUT2D eigenvalue weighted by molar-refractivity contribution is 0.409. The highest BCUT2D eigenvalue weighted by atomic mass is 35.5. The van der Waals surface area contributed by atoms with Crippen molar-refractivity contribution < 1.29 is 18.1 Å². The van der Waals surface area contributed by atoms with E-state index in [0.29, 0.717) is 5.76 Å². The second-order valence-electron chi connectivity index (χ2n) is 6.25. The van der Waals surface area contributed by atoms with Crippen molar-refractivity contribution >= 4 is 23.2 Å². The minimum Gasteiger partial charge on any atom is -0.453 e. The summed E-state index contributed by atoms with van der Waals surface area (Å²) in [5.74, 6) is -0.0551. The van der Waals surface area contributed by atoms with Gasteiger partial charge in [-0.3, -0.25) is 0 Å². The molecule has 0 aliphatic carbocycles. The molecule has 2 aromatic carbocycles. The van der Waals surface area contributed by atoms with Crippen LogP contribution in [0, 0.1) is 24.1 Å². The van der Waals surface area contributed by atoms with E-state index in [4.69, 9.17) is 42.1 Å². The molecule has 0 radical (unpaired) electrons. The molecule has 2 heterocycles. The molecule has 30 heavy (non-hydrogen) atoms. The largest absolute Gasteiger partial charge is 0.453 e. The minimum absolute atomic E-state index is 0.00145. The molecule has 0 unspecified atom stereocenters. The van der Waals surface area contributed by atoms with Crippen LogP contribution < -0.4 is 4.74 Å². The number of rotatable bonds is 5. The van der Waals surface area contributed by atoms with Gasteiger partial charge in [0.1, 0.15) is 5.75 Å². The van der Waals surface area contributed by atoms with Gasteiger partial charge < -0.3 is 13.7 Å². The number of aryl methyl sites for hydroxylation is 1. The van der Waals surface area contributed by atoms with Crippen LogP contribution in [0.5, 0.6) is 11.5 Å². The van der Waals surface area contributed by atoms with Gasteiger partial charge in [0.15, 0.2) is 11.6 Å². The van der Waals surface area contributed by atoms with Crippen molar-refractivity contribution in [2.24, 2.45) is 0 Å². The predicted octanol–water partition coefficient (Wildman–Crippen LogP) is 5.73. The SMILES string of the molecule is Cc1cnoc1-c1nnc(Cc2ccc(Cl)c(Oc3cc(Cl)cc(C#N)c3)c2F)o1. The Labute approximate surface area is 179 Å². The average Bonchev–Trinajstić information content (AvgIpc) is 3.35. The van der Waals surface area contributed by atoms with Crippen molar-refractivity contribution in [2.45, 2.75) is 13.3 Å². The maximum absolute atomic E-state index is 15.1. The van der Waals surface area contributed by atoms with Crippen molar-refractivity contribution in [1.29, 1.82) is 5.26 Å². The molecule has 0 spiro atoms. The number of benzene rings is 2. The van der Waals surface area contributed by atoms with Crippen LogP contribution >= 0.6 is 23.2 Å². The second-order valence-corrected chi connectivity index (χ2v) is 7.10. The van der Waals surface area contributed by atoms with Gasteiger partial charge in [0.25, 0.3) is 5.89 Å². The van der Waals surface area contributed by atoms with E-state index in [1.165, 1.54) is 36.5 Å². The summed E-state index contributed by atoms with van der Waals surface area (Å²) < 4.78 is 31.3. The Kier molecular flexibility index (Phi) is 5.40. The van der Waals surface area contributed by atoms with Crippen LogP contribution in [-0.2, 0) is 6.42 Å². The minimum atomic E-state index is -0.698. The van der Waals surface area contributed by atoms with E-state index in [1.54, 1.807) is 6.92 Å². The molecule has 4 aromatic rings. The van der Waals surface area contributed by atoms with Gasteiger partial charge in [-0.25, -0.2) is 4.39 Å². The predicted molar refractivity (Wildman–Crippen MR) is 105 cm³/mol. The van der Waals surface area contributed by atoms with E-state index in [0.717, 1.165) is 5.56 Å². The molecule has 2 aromatic heterocycles. The quantitative estimate of drug-likeness (QED) is 0.387. The Balaban J connectivity index is 1.62. The molecule has 0 fully saturated rings. The molecule has 0 amide bonds. The Morgan fingerprint density at radius 3 is 2.77 bits per heavy atom. The Hall–Kier alpha value is -3.41. The van der Waals surface area contributed by atoms with Crippen molar-refractivity contribution in [3.63, 3.8) is 0 Å². The molecule has 10 heteroatoms. The van der Waals surface area contributed by atoms with Gasteiger partial charge in [-0.15, -0.1) is 10.2 Å². The number of hydrogen-bond donors (Lipinski definition) is 0. The Morgan fingerprint density at radius 1 is 1.20 bits per heavy atom. The maximum Gasteiger partial charge on any atom is 0.286 e. The van der Waals surface area contributed by atoms with E-state index >= 15 is 4.39 Å². The fraction of sp³-hybridized carbons (Fsp3) is 0.100. The number of hydrogen-bond acceptors (Lipinski definition) is 7. The molecule has 4 rings (SSSR count). The zero-order valence-electron chi connectivity index (χ0n) is 15.3. The first-order valence-corrected chi connectivity index (χ1v) is 9.29. The summed E-state index contributed by atoms with van der Waals surface area (Å²) in [5.41, 5.74) is 1.23. The number of aromatic nitrogens is 3. The lowest BCUT2D eigenvalue weighted by atomic mass is 10.1. The first-order valence-electron chi connectivity index (χ1n) is 8.54. The van der Waals surface area contributed by atoms with Crippen LogP contribution in [0.1, 0.15) is 22.6 Å². The van der Waals surface area contributed by atoms with Gasteiger partial charge in [-0.1, -0.05) is 34.4 Å². The second kappa shape index (κ2) is 8.14. The first-order chi connectivity index (χ1) is 14.4. The van der Waals surface area contributed by atoms with Crippen molar-refractivity contribution in [2.75, 3.05) is 0 Å². The topological polar surface area (TPSA) is 98.0 Å². The summed E-state index contributed by atoms with van der Waals surface area (Å²) in [7, 11) is 0. The third-order valence-corrected chi connectivity index (χ3v) is 4.62. The van der Waals surface area contributed by atoms with E-state index in [1.807, 2.05) is 6.07 Å². The van der Waals surface area contributed by atoms with Crippen molar-refractivity contribution in [3.05, 3.63) is 75.0 Å². The van der Waals surface area contributed by atoms with Crippen molar-refractivity contribution in [3.8, 4) is 29.2 Å². The van der Waals surface area contributed by atoms with Gasteiger partial charge in [0, 0.05) is 16.1 Å². The Morgan fingerprint density at radius 2 is 2.03 bits per heavy atom. The van der Waals surface area contributed by atoms with Gasteiger partial charge in [-0.2, -0.15) is 5.26 Å². The molecule has 0 bridgehead atoms. The molecule has 0 atom stereocenters. The van der Waals surface area contributed by atoms with Gasteiger partial charge in [-0.05, 0) is 31.2 Å². The molecule has 0 saturated heterocycles. The molecule has 0 saturated carbocycles. The highest BCUT2D eigenvalue weighted by Gasteiger charge is 2.20. The summed E-state index contributed by atoms with van der Waals surface area (Å²) in [4.78, 5) is 0. The number of nitrogens with zero attached hydrogens (tertiary/aromatic N) is 4. The average molecular weight is 445 g/mol. The van der Waals surface area contributed by atoms with Crippen LogP contribution in [-0.4, -0.2) is 15.4 Å². The Bertz CT molecular complexity index is 1280. The van der Waals surface area contributed by atoms with Crippen LogP contribution in [0.3, 0.4) is 0 Å². The molecular formula is C20H11Cl2FN4O3. The zero-order chi connectivity index (χ0) is 21.3. The third kappa shape index (κ3) is 3.99. The highest BCUT2D eigenvalue weighted by molar-refractivity contribution is 6.32. The molecule has 7 nitrogen and oxygen atoms in total. The normalized spacial score (nSPS) is 10.8. The maximum atomic E-state index is 15.1. The highest BCUT2D eigenvalue weighted by Crippen LogP contribution is 2.36. The summed E-state index contributed by atoms with van der Waals surface area (Å²) in [5, 5.41) is 20.9. The fourth-order valence-electron chi connectivity index (χ4n) is 2.68. The lowest BCUT2D eigenvalue weighted by Crippen LogP contribution is -1.98. The fourth-order valence-corrected chi connectivity index (χ4v) is 3.09. The van der Waals surface area contributed by atoms with Gasteiger partial charge in [0.2, 0.25) is 11.7 Å². The number of halogens is 3. The number of ether oxygens (including phenoxy) is 1. The standard InChI is InChI=1S/C20H11Cl2FN4O3/c1-10-9-25-30-18(10)20-27-26-16(29-20)6-12-2-3-15(22)19(17(12)23)28-14-5-11(8-24)4-13(21)7-14/h2-5,7,9H,6H2,1H3. The lowest BCUT2D eigenvalue weighted by Gasteiger charge is -2.11. The molecular weight excluding hydrogens is 434 g/mol. The van der Waals surface area contributed by atoms with E-state index in [-0.39, 0.29) is 50.9 Å². The molecule has 0 aliphatic rings. The van der Waals surface area contributed by atoms with Crippen LogP contribution in [0.15, 0.2) is 45.5 Å². The smallest absolute Gasteiger partial charge is 0.286 e. The number of nitriles is 1. The van der Waals surface area contributed by atoms with Crippen LogP contribution in [0.25, 0.3) is 11.7 Å². The summed E-state index contributed by atoms with van der Waals surface area (Å²) in [6, 6.07) is 9.28. The van der Waals surface area contributed by atoms with Gasteiger partial charge in [0.05, 0.1) is 29.3 Å². The zero-order valence-corrected chi connectivity index (χ0v) is 16.8. The summed E-state index contributed by atoms with van der Waals surface area (Å²) in [6.45, 7) is 1.78. The molecule has 0 aliphatic heterocycles. The third-order valence-electron chi connectivity index (χ3n) is 4.10. The summed E-state index contributed by atoms with van der Waals surface area (Å²) in [6.07, 6.45) is 1.52. The van der Waals surface area contributed by atoms with E-state index in [9.17, 15) is 0 Å². The van der Waals surface area contributed by atoms with Crippen LogP contribution in [0.4, 0.5) is 4.39 Å².